The molecule has 2 aromatic rings. The summed E-state index contributed by atoms with van der Waals surface area (Å²) in [6.45, 7) is 7.89. The average Bonchev–Trinajstić information content (AvgIpc) is 3.08. The molecule has 0 bridgehead atoms. The normalized spacial score (nSPS) is 20.4. The minimum Gasteiger partial charge on any atom is -0.394 e. The monoisotopic (exact) mass is 573 g/mol. The van der Waals surface area contributed by atoms with Crippen LogP contribution in [0.1, 0.15) is 43.0 Å². The summed E-state index contributed by atoms with van der Waals surface area (Å²) < 4.78 is 80.7. The molecule has 220 valence electrons. The molecule has 0 saturated carbocycles. The lowest BCUT2D eigenvalue weighted by Crippen LogP contribution is -2.55. The smallest absolute Gasteiger partial charge is 0.394 e. The van der Waals surface area contributed by atoms with Crippen molar-refractivity contribution in [3.8, 4) is 0 Å². The maximum atomic E-state index is 14.0. The lowest BCUT2D eigenvalue weighted by Gasteiger charge is -2.41. The molecule has 1 fully saturated rings. The van der Waals surface area contributed by atoms with Crippen LogP contribution in [0, 0.1) is 25.2 Å². The molecular weight excluding hydrogens is 540 g/mol. The van der Waals surface area contributed by atoms with E-state index in [9.17, 15) is 41.0 Å². The van der Waals surface area contributed by atoms with Crippen molar-refractivity contribution in [3.63, 3.8) is 0 Å². The zero-order chi connectivity index (χ0) is 30.4. The van der Waals surface area contributed by atoms with Crippen molar-refractivity contribution in [1.82, 2.24) is 4.90 Å². The molecule has 0 aromatic heterocycles. The Morgan fingerprint density at radius 3 is 2.00 bits per heavy atom. The number of alkyl halides is 6. The van der Waals surface area contributed by atoms with Crippen LogP contribution >= 0.6 is 0 Å². The lowest BCUT2D eigenvalue weighted by molar-refractivity contribution is -0.143. The Hall–Kier alpha value is -3.12. The molecule has 2 N–H and O–H groups in total. The van der Waals surface area contributed by atoms with Crippen LogP contribution in [0.2, 0.25) is 0 Å². The molecule has 2 amide bonds. The van der Waals surface area contributed by atoms with Crippen LogP contribution in [0.5, 0.6) is 0 Å². The molecule has 1 saturated heterocycles. The summed E-state index contributed by atoms with van der Waals surface area (Å²) in [5, 5.41) is 12.2. The molecule has 40 heavy (non-hydrogen) atoms. The number of benzene rings is 2. The fraction of sp³-hybridized carbons (Fsp3) is 0.500. The van der Waals surface area contributed by atoms with E-state index in [2.05, 4.69) is 5.32 Å². The molecule has 2 aromatic carbocycles. The van der Waals surface area contributed by atoms with Gasteiger partial charge in [0, 0.05) is 30.0 Å². The second-order valence-corrected chi connectivity index (χ2v) is 11.1. The van der Waals surface area contributed by atoms with Gasteiger partial charge in [0.05, 0.1) is 29.1 Å². The van der Waals surface area contributed by atoms with E-state index in [0.717, 1.165) is 11.1 Å². The highest BCUT2D eigenvalue weighted by atomic mass is 19.4. The second-order valence-electron chi connectivity index (χ2n) is 11.1. The fourth-order valence-electron chi connectivity index (χ4n) is 4.96. The number of aryl methyl sites for hydroxylation is 2. The number of likely N-dealkylation sites (N-methyl/N-ethyl adjacent to an activating group) is 1. The van der Waals surface area contributed by atoms with Gasteiger partial charge in [0.25, 0.3) is 0 Å². The van der Waals surface area contributed by atoms with E-state index in [1.807, 2.05) is 6.07 Å². The van der Waals surface area contributed by atoms with Gasteiger partial charge in [-0.05, 0) is 64.1 Å². The Bertz CT molecular complexity index is 1240. The summed E-state index contributed by atoms with van der Waals surface area (Å²) >= 11 is 0. The molecule has 0 aliphatic carbocycles. The van der Waals surface area contributed by atoms with Gasteiger partial charge in [-0.15, -0.1) is 0 Å². The number of carbonyl (C=O) groups is 2. The van der Waals surface area contributed by atoms with Crippen LogP contribution in [-0.2, 0) is 21.9 Å². The molecule has 3 rings (SSSR count). The van der Waals surface area contributed by atoms with E-state index in [4.69, 9.17) is 0 Å². The van der Waals surface area contributed by atoms with Gasteiger partial charge in [0.1, 0.15) is 0 Å². The highest BCUT2D eigenvalue weighted by Crippen LogP contribution is 2.44. The summed E-state index contributed by atoms with van der Waals surface area (Å²) in [5.74, 6) is -2.32. The fourth-order valence-corrected chi connectivity index (χ4v) is 4.96. The first-order valence-corrected chi connectivity index (χ1v) is 12.6. The van der Waals surface area contributed by atoms with Gasteiger partial charge in [-0.25, -0.2) is 0 Å². The van der Waals surface area contributed by atoms with Crippen LogP contribution in [0.25, 0.3) is 0 Å². The first-order chi connectivity index (χ1) is 18.2. The minimum absolute atomic E-state index is 0.0205. The average molecular weight is 574 g/mol. The molecule has 12 heteroatoms. The van der Waals surface area contributed by atoms with Crippen molar-refractivity contribution in [1.29, 1.82) is 0 Å². The predicted molar refractivity (Wildman–Crippen MR) is 139 cm³/mol. The Kier molecular flexibility index (Phi) is 8.40. The molecular formula is C28H33F6N3O3. The van der Waals surface area contributed by atoms with Crippen molar-refractivity contribution < 1.29 is 41.0 Å². The minimum atomic E-state index is -5.10. The largest absolute Gasteiger partial charge is 0.416 e. The van der Waals surface area contributed by atoms with Gasteiger partial charge in [0.2, 0.25) is 11.8 Å². The van der Waals surface area contributed by atoms with Crippen LogP contribution in [0.15, 0.2) is 36.4 Å². The SMILES string of the molecule is Cc1cccc(C)c1N1C[C@@](CN(C)C(C)(C)CO)(C(=O)Nc2cc(C(F)(F)F)cc(C(F)(F)F)c2)[C@H](C)C1=O. The Labute approximate surface area is 229 Å². The maximum absolute atomic E-state index is 14.0. The maximum Gasteiger partial charge on any atom is 0.416 e. The van der Waals surface area contributed by atoms with Gasteiger partial charge in [-0.2, -0.15) is 26.3 Å². The van der Waals surface area contributed by atoms with Crippen LogP contribution in [0.3, 0.4) is 0 Å². The highest BCUT2D eigenvalue weighted by Gasteiger charge is 2.57. The van der Waals surface area contributed by atoms with Gasteiger partial charge in [-0.1, -0.05) is 25.1 Å². The Morgan fingerprint density at radius 2 is 1.55 bits per heavy atom. The molecule has 6 nitrogen and oxygen atoms in total. The summed E-state index contributed by atoms with van der Waals surface area (Å²) in [7, 11) is 1.62. The van der Waals surface area contributed by atoms with Crippen LogP contribution < -0.4 is 10.2 Å². The predicted octanol–water partition coefficient (Wildman–Crippen LogP) is 5.65. The van der Waals surface area contributed by atoms with Crippen molar-refractivity contribution in [2.24, 2.45) is 11.3 Å². The van der Waals surface area contributed by atoms with Crippen LogP contribution in [0.4, 0.5) is 37.7 Å². The number of aliphatic hydroxyl groups excluding tert-OH is 1. The van der Waals surface area contributed by atoms with Crippen molar-refractivity contribution in [2.75, 3.05) is 37.0 Å². The van der Waals surface area contributed by atoms with E-state index in [1.54, 1.807) is 51.8 Å². The lowest BCUT2D eigenvalue weighted by atomic mass is 9.76. The van der Waals surface area contributed by atoms with Gasteiger partial charge < -0.3 is 15.3 Å². The van der Waals surface area contributed by atoms with E-state index >= 15 is 0 Å². The van der Waals surface area contributed by atoms with E-state index in [-0.39, 0.29) is 25.8 Å². The molecule has 0 unspecified atom stereocenters. The molecule has 1 heterocycles. The first-order valence-electron chi connectivity index (χ1n) is 12.6. The van der Waals surface area contributed by atoms with Gasteiger partial charge in [0.15, 0.2) is 0 Å². The van der Waals surface area contributed by atoms with Gasteiger partial charge in [-0.3, -0.25) is 14.5 Å². The van der Waals surface area contributed by atoms with E-state index in [1.165, 1.54) is 11.8 Å². The number of rotatable bonds is 7. The van der Waals surface area contributed by atoms with Gasteiger partial charge >= 0.3 is 12.4 Å². The number of para-hydroxylation sites is 1. The first kappa shape index (κ1) is 31.4. The molecule has 2 atom stereocenters. The molecule has 0 spiro atoms. The number of nitrogens with zero attached hydrogens (tertiary/aromatic N) is 2. The third-order valence-corrected chi connectivity index (χ3v) is 7.85. The number of amides is 2. The quantitative estimate of drug-likeness (QED) is 0.420. The number of aliphatic hydroxyl groups is 1. The number of hydrogen-bond donors (Lipinski definition) is 2. The Morgan fingerprint density at radius 1 is 1.05 bits per heavy atom. The highest BCUT2D eigenvalue weighted by molar-refractivity contribution is 6.08. The number of nitrogens with one attached hydrogen (secondary N) is 1. The number of halogens is 6. The number of carbonyl (C=O) groups excluding carboxylic acids is 2. The third-order valence-electron chi connectivity index (χ3n) is 7.85. The van der Waals surface area contributed by atoms with E-state index < -0.39 is 57.9 Å². The topological polar surface area (TPSA) is 72.9 Å². The van der Waals surface area contributed by atoms with Crippen molar-refractivity contribution in [2.45, 2.75) is 52.5 Å². The molecule has 1 aliphatic heterocycles. The van der Waals surface area contributed by atoms with Crippen molar-refractivity contribution >= 4 is 23.2 Å². The zero-order valence-corrected chi connectivity index (χ0v) is 23.1. The molecule has 1 aliphatic rings. The summed E-state index contributed by atoms with van der Waals surface area (Å²) in [6.07, 6.45) is -10.2. The van der Waals surface area contributed by atoms with E-state index in [0.29, 0.717) is 17.8 Å². The molecule has 0 radical (unpaired) electrons. The third kappa shape index (κ3) is 5.97. The second kappa shape index (κ2) is 10.7. The summed E-state index contributed by atoms with van der Waals surface area (Å²) in [4.78, 5) is 30.7. The van der Waals surface area contributed by atoms with Crippen LogP contribution in [-0.4, -0.2) is 54.1 Å². The number of anilines is 2. The van der Waals surface area contributed by atoms with Crippen molar-refractivity contribution in [3.05, 3.63) is 58.7 Å². The Balaban J connectivity index is 2.14. The standard InChI is InChI=1S/C28H33F6N3O3/c1-16-8-7-9-17(2)22(16)37-14-26(18(3)23(37)39,13-36(6)25(4,5)15-38)24(40)35-21-11-19(27(29,30)31)10-20(12-21)28(32,33)34/h7-12,18,38H,13-15H2,1-6H3,(H,35,40)/t18-,26-/m1/s1. The zero-order valence-electron chi connectivity index (χ0n) is 23.1. The summed E-state index contributed by atoms with van der Waals surface area (Å²) in [5.41, 5.74) is -4.20. The summed E-state index contributed by atoms with van der Waals surface area (Å²) in [6, 6.07) is 6.25. The number of hydrogen-bond acceptors (Lipinski definition) is 4.